The van der Waals surface area contributed by atoms with Gasteiger partial charge in [0.05, 0.1) is 15.6 Å². The van der Waals surface area contributed by atoms with Crippen LogP contribution in [0, 0.1) is 18.3 Å². The molecule has 1 amide bonds. The molecule has 22 heavy (non-hydrogen) atoms. The Hall–Kier alpha value is -2.29. The van der Waals surface area contributed by atoms with Crippen molar-refractivity contribution in [2.24, 2.45) is 0 Å². The molecule has 0 atom stereocenters. The number of aromatic nitrogens is 1. The highest BCUT2D eigenvalue weighted by Gasteiger charge is 2.12. The molecule has 112 valence electrons. The first-order chi connectivity index (χ1) is 10.5. The normalized spacial score (nSPS) is 9.91. The van der Waals surface area contributed by atoms with Crippen molar-refractivity contribution in [2.45, 2.75) is 6.92 Å². The van der Waals surface area contributed by atoms with Crippen LogP contribution in [0.3, 0.4) is 0 Å². The summed E-state index contributed by atoms with van der Waals surface area (Å²) >= 11 is 11.9. The summed E-state index contributed by atoms with van der Waals surface area (Å²) in [6, 6.07) is 8.64. The van der Waals surface area contributed by atoms with E-state index in [9.17, 15) is 4.79 Å². The van der Waals surface area contributed by atoms with Crippen LogP contribution in [0.15, 0.2) is 30.5 Å². The Kier molecular flexibility index (Phi) is 5.21. The maximum absolute atomic E-state index is 11.9. The molecule has 0 aliphatic rings. The van der Waals surface area contributed by atoms with Crippen LogP contribution in [0.25, 0.3) is 0 Å². The zero-order valence-corrected chi connectivity index (χ0v) is 13.1. The lowest BCUT2D eigenvalue weighted by Crippen LogP contribution is -2.21. The standard InChI is InChI=1S/C15H11Cl2N3O2/c1-9-11(16)7-19-15(14(9)17)20-13(21)8-22-12-5-3-2-4-10(12)6-18/h2-5,7H,8H2,1H3,(H,19,20,21). The van der Waals surface area contributed by atoms with E-state index < -0.39 is 5.91 Å². The number of rotatable bonds is 4. The SMILES string of the molecule is Cc1c(Cl)cnc(NC(=O)COc2ccccc2C#N)c1Cl. The molecule has 0 bridgehead atoms. The minimum Gasteiger partial charge on any atom is -0.482 e. The van der Waals surface area contributed by atoms with Crippen LogP contribution in [0.4, 0.5) is 5.82 Å². The van der Waals surface area contributed by atoms with Crippen molar-refractivity contribution in [3.8, 4) is 11.8 Å². The maximum Gasteiger partial charge on any atom is 0.263 e. The van der Waals surface area contributed by atoms with Gasteiger partial charge >= 0.3 is 0 Å². The maximum atomic E-state index is 11.9. The van der Waals surface area contributed by atoms with Gasteiger partial charge in [0.25, 0.3) is 5.91 Å². The number of hydrogen-bond donors (Lipinski definition) is 1. The van der Waals surface area contributed by atoms with Crippen molar-refractivity contribution in [3.63, 3.8) is 0 Å². The highest BCUT2D eigenvalue weighted by molar-refractivity contribution is 6.37. The lowest BCUT2D eigenvalue weighted by Gasteiger charge is -2.10. The zero-order chi connectivity index (χ0) is 16.1. The molecule has 1 aromatic heterocycles. The third-order valence-corrected chi connectivity index (χ3v) is 3.67. The molecule has 1 aromatic carbocycles. The largest absolute Gasteiger partial charge is 0.482 e. The van der Waals surface area contributed by atoms with Gasteiger partial charge in [-0.25, -0.2) is 4.98 Å². The quantitative estimate of drug-likeness (QED) is 0.926. The Balaban J connectivity index is 2.03. The highest BCUT2D eigenvalue weighted by Crippen LogP contribution is 2.28. The van der Waals surface area contributed by atoms with Gasteiger partial charge in [0, 0.05) is 6.20 Å². The Labute approximate surface area is 137 Å². The molecule has 1 heterocycles. The van der Waals surface area contributed by atoms with Crippen LogP contribution in [0.1, 0.15) is 11.1 Å². The molecule has 0 saturated heterocycles. The number of nitriles is 1. The number of pyridine rings is 1. The van der Waals surface area contributed by atoms with E-state index in [1.165, 1.54) is 6.20 Å². The molecule has 0 spiro atoms. The van der Waals surface area contributed by atoms with Gasteiger partial charge in [-0.2, -0.15) is 5.26 Å². The number of nitrogens with one attached hydrogen (secondary N) is 1. The zero-order valence-electron chi connectivity index (χ0n) is 11.6. The number of ether oxygens (including phenoxy) is 1. The van der Waals surface area contributed by atoms with Gasteiger partial charge in [0.1, 0.15) is 11.8 Å². The first kappa shape index (κ1) is 16.1. The number of benzene rings is 1. The lowest BCUT2D eigenvalue weighted by molar-refractivity contribution is -0.118. The minimum absolute atomic E-state index is 0.214. The fourth-order valence-corrected chi connectivity index (χ4v) is 2.03. The van der Waals surface area contributed by atoms with E-state index in [1.54, 1.807) is 31.2 Å². The number of nitrogens with zero attached hydrogens (tertiary/aromatic N) is 2. The summed E-state index contributed by atoms with van der Waals surface area (Å²) in [6.07, 6.45) is 1.41. The van der Waals surface area contributed by atoms with Crippen LogP contribution in [-0.4, -0.2) is 17.5 Å². The lowest BCUT2D eigenvalue weighted by atomic mass is 10.2. The first-order valence-electron chi connectivity index (χ1n) is 6.25. The summed E-state index contributed by atoms with van der Waals surface area (Å²) in [4.78, 5) is 15.8. The monoisotopic (exact) mass is 335 g/mol. The van der Waals surface area contributed by atoms with Crippen LogP contribution in [-0.2, 0) is 4.79 Å². The second-order valence-electron chi connectivity index (χ2n) is 4.34. The van der Waals surface area contributed by atoms with Gasteiger partial charge < -0.3 is 10.1 Å². The number of amides is 1. The van der Waals surface area contributed by atoms with Crippen molar-refractivity contribution >= 4 is 34.9 Å². The second kappa shape index (κ2) is 7.12. The van der Waals surface area contributed by atoms with E-state index in [2.05, 4.69) is 10.3 Å². The van der Waals surface area contributed by atoms with Gasteiger partial charge in [-0.1, -0.05) is 35.3 Å². The molecule has 5 nitrogen and oxygen atoms in total. The van der Waals surface area contributed by atoms with Gasteiger partial charge in [-0.05, 0) is 24.6 Å². The summed E-state index contributed by atoms with van der Waals surface area (Å²) < 4.78 is 5.32. The van der Waals surface area contributed by atoms with Gasteiger partial charge in [0.2, 0.25) is 0 Å². The van der Waals surface area contributed by atoms with E-state index >= 15 is 0 Å². The average Bonchev–Trinajstić information content (AvgIpc) is 2.53. The van der Waals surface area contributed by atoms with E-state index in [1.807, 2.05) is 6.07 Å². The fraction of sp³-hybridized carbons (Fsp3) is 0.133. The average molecular weight is 336 g/mol. The highest BCUT2D eigenvalue weighted by atomic mass is 35.5. The van der Waals surface area contributed by atoms with Crippen molar-refractivity contribution in [3.05, 3.63) is 51.6 Å². The predicted octanol–water partition coefficient (Wildman–Crippen LogP) is 3.59. The van der Waals surface area contributed by atoms with Crippen LogP contribution in [0.5, 0.6) is 5.75 Å². The molecule has 0 aliphatic carbocycles. The second-order valence-corrected chi connectivity index (χ2v) is 5.12. The van der Waals surface area contributed by atoms with Crippen molar-refractivity contribution in [2.75, 3.05) is 11.9 Å². The van der Waals surface area contributed by atoms with Crippen molar-refractivity contribution in [1.82, 2.24) is 4.98 Å². The third-order valence-electron chi connectivity index (χ3n) is 2.83. The summed E-state index contributed by atoms with van der Waals surface area (Å²) in [7, 11) is 0. The molecule has 0 unspecified atom stereocenters. The topological polar surface area (TPSA) is 75.0 Å². The Bertz CT molecular complexity index is 757. The number of anilines is 1. The molecular weight excluding hydrogens is 325 g/mol. The molecule has 0 radical (unpaired) electrons. The van der Waals surface area contributed by atoms with Gasteiger partial charge in [-0.3, -0.25) is 4.79 Å². The molecule has 0 fully saturated rings. The molecule has 7 heteroatoms. The number of para-hydroxylation sites is 1. The molecule has 0 aliphatic heterocycles. The number of carbonyl (C=O) groups excluding carboxylic acids is 1. The minimum atomic E-state index is -0.441. The summed E-state index contributed by atoms with van der Waals surface area (Å²) in [5, 5.41) is 12.2. The van der Waals surface area contributed by atoms with Crippen molar-refractivity contribution < 1.29 is 9.53 Å². The summed E-state index contributed by atoms with van der Waals surface area (Å²) in [5.74, 6) is 0.112. The third kappa shape index (κ3) is 3.67. The molecular formula is C15H11Cl2N3O2. The van der Waals surface area contributed by atoms with Crippen LogP contribution >= 0.6 is 23.2 Å². The smallest absolute Gasteiger partial charge is 0.263 e. The van der Waals surface area contributed by atoms with Gasteiger partial charge in [-0.15, -0.1) is 0 Å². The fourth-order valence-electron chi connectivity index (χ4n) is 1.64. The number of halogens is 2. The number of hydrogen-bond acceptors (Lipinski definition) is 4. The molecule has 2 aromatic rings. The predicted molar refractivity (Wildman–Crippen MR) is 84.3 cm³/mol. The van der Waals surface area contributed by atoms with E-state index in [0.717, 1.165) is 0 Å². The van der Waals surface area contributed by atoms with Crippen LogP contribution < -0.4 is 10.1 Å². The Morgan fingerprint density at radius 2 is 2.14 bits per heavy atom. The molecule has 0 saturated carbocycles. The van der Waals surface area contributed by atoms with E-state index in [-0.39, 0.29) is 17.4 Å². The van der Waals surface area contributed by atoms with Crippen LogP contribution in [0.2, 0.25) is 10.0 Å². The number of carbonyl (C=O) groups is 1. The molecule has 2 rings (SSSR count). The van der Waals surface area contributed by atoms with Crippen molar-refractivity contribution in [1.29, 1.82) is 5.26 Å². The Morgan fingerprint density at radius 3 is 2.86 bits per heavy atom. The van der Waals surface area contributed by atoms with E-state index in [0.29, 0.717) is 21.9 Å². The van der Waals surface area contributed by atoms with Gasteiger partial charge in [0.15, 0.2) is 12.4 Å². The molecule has 1 N–H and O–H groups in total. The first-order valence-corrected chi connectivity index (χ1v) is 7.01. The Morgan fingerprint density at radius 1 is 1.41 bits per heavy atom. The summed E-state index contributed by atoms with van der Waals surface area (Å²) in [6.45, 7) is 1.46. The summed E-state index contributed by atoms with van der Waals surface area (Å²) in [5.41, 5.74) is 0.984. The van der Waals surface area contributed by atoms with E-state index in [4.69, 9.17) is 33.2 Å².